The van der Waals surface area contributed by atoms with Crippen LogP contribution in [0.1, 0.15) is 40.5 Å². The molecule has 7 heteroatoms. The number of carbonyl (C=O) groups is 2. The van der Waals surface area contributed by atoms with Gasteiger partial charge in [-0.2, -0.15) is 0 Å². The lowest BCUT2D eigenvalue weighted by Gasteiger charge is -2.46. The number of hydrogen-bond acceptors (Lipinski definition) is 5. The number of aromatic nitrogens is 1. The largest absolute Gasteiger partial charge is 0.353 e. The zero-order chi connectivity index (χ0) is 19.7. The van der Waals surface area contributed by atoms with Crippen molar-refractivity contribution >= 4 is 17.6 Å². The van der Waals surface area contributed by atoms with Crippen LogP contribution in [0.15, 0.2) is 24.4 Å². The summed E-state index contributed by atoms with van der Waals surface area (Å²) in [7, 11) is 0. The van der Waals surface area contributed by atoms with Crippen LogP contribution < -0.4 is 15.5 Å². The standard InChI is InChI=1S/C20H31N5O2/c1-19(2)13-15(14-20(3,4)23-19)22-17(26)18(27)25-11-9-24(10-12-25)16-7-5-6-8-21-16/h5-8,15,23H,9-14H2,1-4H3,(H,22,26). The highest BCUT2D eigenvalue weighted by atomic mass is 16.2. The maximum atomic E-state index is 12.6. The summed E-state index contributed by atoms with van der Waals surface area (Å²) in [5.41, 5.74) is -0.145. The normalized spacial score (nSPS) is 22.4. The molecule has 0 aliphatic carbocycles. The molecule has 0 saturated carbocycles. The quantitative estimate of drug-likeness (QED) is 0.761. The SMILES string of the molecule is CC1(C)CC(NC(=O)C(=O)N2CCN(c3ccccn3)CC2)CC(C)(C)N1. The first-order chi connectivity index (χ1) is 12.7. The Bertz CT molecular complexity index is 665. The summed E-state index contributed by atoms with van der Waals surface area (Å²) in [5.74, 6) is -0.00202. The third-order valence-electron chi connectivity index (χ3n) is 5.26. The zero-order valence-electron chi connectivity index (χ0n) is 16.8. The number of nitrogens with zero attached hydrogens (tertiary/aromatic N) is 3. The first kappa shape index (κ1) is 19.6. The summed E-state index contributed by atoms with van der Waals surface area (Å²) >= 11 is 0. The summed E-state index contributed by atoms with van der Waals surface area (Å²) in [6.45, 7) is 11.0. The molecule has 3 rings (SSSR count). The Kier molecular flexibility index (Phi) is 5.42. The number of anilines is 1. The molecule has 0 spiro atoms. The first-order valence-corrected chi connectivity index (χ1v) is 9.70. The van der Waals surface area contributed by atoms with Gasteiger partial charge in [0.2, 0.25) is 0 Å². The van der Waals surface area contributed by atoms with Gasteiger partial charge in [0.1, 0.15) is 5.82 Å². The lowest BCUT2D eigenvalue weighted by atomic mass is 9.79. The van der Waals surface area contributed by atoms with Gasteiger partial charge in [0.15, 0.2) is 0 Å². The molecule has 1 aromatic rings. The molecule has 2 fully saturated rings. The molecule has 27 heavy (non-hydrogen) atoms. The van der Waals surface area contributed by atoms with E-state index in [-0.39, 0.29) is 17.1 Å². The van der Waals surface area contributed by atoms with Crippen LogP contribution in [0.2, 0.25) is 0 Å². The number of carbonyl (C=O) groups excluding carboxylic acids is 2. The highest BCUT2D eigenvalue weighted by Gasteiger charge is 2.39. The highest BCUT2D eigenvalue weighted by Crippen LogP contribution is 2.28. The number of amides is 2. The number of piperazine rings is 1. The van der Waals surface area contributed by atoms with Crippen LogP contribution in [0.25, 0.3) is 0 Å². The van der Waals surface area contributed by atoms with Crippen molar-refractivity contribution < 1.29 is 9.59 Å². The second-order valence-corrected chi connectivity index (χ2v) is 8.94. The number of rotatable bonds is 2. The van der Waals surface area contributed by atoms with Crippen LogP contribution >= 0.6 is 0 Å². The second-order valence-electron chi connectivity index (χ2n) is 8.94. The Hall–Kier alpha value is -2.15. The molecule has 7 nitrogen and oxygen atoms in total. The van der Waals surface area contributed by atoms with E-state index in [2.05, 4.69) is 48.2 Å². The van der Waals surface area contributed by atoms with Gasteiger partial charge < -0.3 is 20.4 Å². The maximum Gasteiger partial charge on any atom is 0.312 e. The smallest absolute Gasteiger partial charge is 0.312 e. The van der Waals surface area contributed by atoms with Crippen LogP contribution in [0.5, 0.6) is 0 Å². The van der Waals surface area contributed by atoms with Gasteiger partial charge >= 0.3 is 11.8 Å². The number of piperidine rings is 1. The predicted octanol–water partition coefficient (Wildman–Crippen LogP) is 1.16. The molecule has 0 aromatic carbocycles. The van der Waals surface area contributed by atoms with Crippen molar-refractivity contribution in [1.29, 1.82) is 0 Å². The minimum atomic E-state index is -0.486. The van der Waals surface area contributed by atoms with Crippen molar-refractivity contribution in [3.05, 3.63) is 24.4 Å². The van der Waals surface area contributed by atoms with Gasteiger partial charge in [-0.3, -0.25) is 9.59 Å². The summed E-state index contributed by atoms with van der Waals surface area (Å²) in [6, 6.07) is 5.80. The molecule has 1 aromatic heterocycles. The van der Waals surface area contributed by atoms with Gasteiger partial charge in [0.25, 0.3) is 0 Å². The molecule has 2 aliphatic rings. The summed E-state index contributed by atoms with van der Waals surface area (Å²) in [5, 5.41) is 6.56. The van der Waals surface area contributed by atoms with E-state index < -0.39 is 11.8 Å². The third kappa shape index (κ3) is 4.97. The van der Waals surface area contributed by atoms with E-state index in [1.165, 1.54) is 0 Å². The Morgan fingerprint density at radius 3 is 2.26 bits per heavy atom. The van der Waals surface area contributed by atoms with Crippen LogP contribution in [0.3, 0.4) is 0 Å². The predicted molar refractivity (Wildman–Crippen MR) is 105 cm³/mol. The Morgan fingerprint density at radius 1 is 1.07 bits per heavy atom. The van der Waals surface area contributed by atoms with E-state index in [9.17, 15) is 9.59 Å². The zero-order valence-corrected chi connectivity index (χ0v) is 16.8. The molecule has 0 radical (unpaired) electrons. The van der Waals surface area contributed by atoms with Gasteiger partial charge in [-0.15, -0.1) is 0 Å². The van der Waals surface area contributed by atoms with Crippen molar-refractivity contribution in [3.63, 3.8) is 0 Å². The molecule has 0 atom stereocenters. The van der Waals surface area contributed by atoms with Crippen LogP contribution in [-0.4, -0.2) is 65.0 Å². The Labute approximate surface area is 161 Å². The molecule has 2 N–H and O–H groups in total. The maximum absolute atomic E-state index is 12.6. The molecular weight excluding hydrogens is 342 g/mol. The van der Waals surface area contributed by atoms with E-state index in [0.717, 1.165) is 18.7 Å². The number of pyridine rings is 1. The molecule has 148 valence electrons. The fourth-order valence-corrected chi connectivity index (χ4v) is 4.49. The van der Waals surface area contributed by atoms with E-state index in [1.54, 1.807) is 11.1 Å². The van der Waals surface area contributed by atoms with Crippen molar-refractivity contribution in [3.8, 4) is 0 Å². The molecular formula is C20H31N5O2. The van der Waals surface area contributed by atoms with E-state index >= 15 is 0 Å². The fraction of sp³-hybridized carbons (Fsp3) is 0.650. The minimum Gasteiger partial charge on any atom is -0.353 e. The molecule has 2 aliphatic heterocycles. The van der Waals surface area contributed by atoms with Crippen LogP contribution in [0.4, 0.5) is 5.82 Å². The lowest BCUT2D eigenvalue weighted by Crippen LogP contribution is -2.63. The van der Waals surface area contributed by atoms with Gasteiger partial charge in [-0.1, -0.05) is 6.07 Å². The van der Waals surface area contributed by atoms with E-state index in [0.29, 0.717) is 26.2 Å². The first-order valence-electron chi connectivity index (χ1n) is 9.70. The molecule has 3 heterocycles. The monoisotopic (exact) mass is 373 g/mol. The average molecular weight is 374 g/mol. The second kappa shape index (κ2) is 7.46. The van der Waals surface area contributed by atoms with E-state index in [1.807, 2.05) is 18.2 Å². The number of nitrogens with one attached hydrogen (secondary N) is 2. The van der Waals surface area contributed by atoms with Crippen molar-refractivity contribution in [2.45, 2.75) is 57.7 Å². The Morgan fingerprint density at radius 2 is 1.70 bits per heavy atom. The average Bonchev–Trinajstić information content (AvgIpc) is 2.59. The molecule has 0 bridgehead atoms. The van der Waals surface area contributed by atoms with Crippen molar-refractivity contribution in [2.24, 2.45) is 0 Å². The molecule has 2 saturated heterocycles. The topological polar surface area (TPSA) is 77.6 Å². The van der Waals surface area contributed by atoms with Gasteiger partial charge in [0, 0.05) is 49.5 Å². The lowest BCUT2D eigenvalue weighted by molar-refractivity contribution is -0.146. The van der Waals surface area contributed by atoms with Crippen LogP contribution in [-0.2, 0) is 9.59 Å². The van der Waals surface area contributed by atoms with Crippen LogP contribution in [0, 0.1) is 0 Å². The third-order valence-corrected chi connectivity index (χ3v) is 5.26. The van der Waals surface area contributed by atoms with Crippen molar-refractivity contribution in [2.75, 3.05) is 31.1 Å². The summed E-state index contributed by atoms with van der Waals surface area (Å²) < 4.78 is 0. The highest BCUT2D eigenvalue weighted by molar-refractivity contribution is 6.35. The summed E-state index contributed by atoms with van der Waals surface area (Å²) in [4.78, 5) is 33.3. The number of hydrogen-bond donors (Lipinski definition) is 2. The molecule has 2 amide bonds. The van der Waals surface area contributed by atoms with Gasteiger partial charge in [0.05, 0.1) is 0 Å². The Balaban J connectivity index is 1.53. The van der Waals surface area contributed by atoms with Crippen molar-refractivity contribution in [1.82, 2.24) is 20.5 Å². The minimum absolute atomic E-state index is 0.00232. The van der Waals surface area contributed by atoms with Gasteiger partial charge in [-0.25, -0.2) is 4.98 Å². The fourth-order valence-electron chi connectivity index (χ4n) is 4.49. The van der Waals surface area contributed by atoms with E-state index in [4.69, 9.17) is 0 Å². The molecule has 0 unspecified atom stereocenters. The van der Waals surface area contributed by atoms with Gasteiger partial charge in [-0.05, 0) is 52.7 Å². The summed E-state index contributed by atoms with van der Waals surface area (Å²) in [6.07, 6.45) is 3.38.